The van der Waals surface area contributed by atoms with Crippen molar-refractivity contribution in [2.24, 2.45) is 11.3 Å². The maximum Gasteiger partial charge on any atom is 0.177 e. The number of nitrogens with two attached hydrogens (primary N) is 1. The van der Waals surface area contributed by atoms with Crippen molar-refractivity contribution in [3.63, 3.8) is 0 Å². The molecule has 0 aliphatic carbocycles. The number of ether oxygens (including phenoxy) is 1. The molecule has 2 rings (SSSR count). The van der Waals surface area contributed by atoms with Crippen molar-refractivity contribution in [1.82, 2.24) is 0 Å². The highest BCUT2D eigenvalue weighted by Gasteiger charge is 2.29. The average Bonchev–Trinajstić information content (AvgIpc) is 2.62. The molecule has 1 aromatic heterocycles. The summed E-state index contributed by atoms with van der Waals surface area (Å²) >= 11 is 1.45. The van der Waals surface area contributed by atoms with Gasteiger partial charge in [0.1, 0.15) is 21.6 Å². The molecule has 1 atom stereocenters. The van der Waals surface area contributed by atoms with Gasteiger partial charge in [-0.3, -0.25) is 0 Å². The standard InChI is InChI=1S/C16H25N3OS/c1-16(2,3)11-6-5-8-19(9-7-11)15-14(20-4)13(18)12(10-17)21-15/h11H,5-9,18H2,1-4H3. The van der Waals surface area contributed by atoms with Gasteiger partial charge in [0.05, 0.1) is 7.11 Å². The number of anilines is 2. The van der Waals surface area contributed by atoms with Crippen LogP contribution in [-0.2, 0) is 0 Å². The first kappa shape index (κ1) is 16.0. The number of nitriles is 1. The van der Waals surface area contributed by atoms with Gasteiger partial charge in [0.15, 0.2) is 5.75 Å². The van der Waals surface area contributed by atoms with Gasteiger partial charge >= 0.3 is 0 Å². The summed E-state index contributed by atoms with van der Waals surface area (Å²) in [6.45, 7) is 8.98. The summed E-state index contributed by atoms with van der Waals surface area (Å²) in [6.07, 6.45) is 3.60. The average molecular weight is 307 g/mol. The van der Waals surface area contributed by atoms with E-state index in [1.165, 1.54) is 30.6 Å². The fourth-order valence-corrected chi connectivity index (χ4v) is 4.11. The van der Waals surface area contributed by atoms with E-state index in [0.29, 0.717) is 21.7 Å². The van der Waals surface area contributed by atoms with Crippen LogP contribution in [0, 0.1) is 22.7 Å². The fourth-order valence-electron chi connectivity index (χ4n) is 3.07. The first-order valence-electron chi connectivity index (χ1n) is 7.49. The number of thiophene rings is 1. The van der Waals surface area contributed by atoms with Crippen LogP contribution in [-0.4, -0.2) is 20.2 Å². The van der Waals surface area contributed by atoms with Crippen LogP contribution in [0.1, 0.15) is 44.9 Å². The molecular weight excluding hydrogens is 282 g/mol. The Morgan fingerprint density at radius 3 is 2.62 bits per heavy atom. The predicted molar refractivity (Wildman–Crippen MR) is 89.0 cm³/mol. The van der Waals surface area contributed by atoms with Crippen molar-refractivity contribution in [2.75, 3.05) is 30.8 Å². The topological polar surface area (TPSA) is 62.3 Å². The molecule has 116 valence electrons. The molecule has 1 saturated heterocycles. The highest BCUT2D eigenvalue weighted by molar-refractivity contribution is 7.17. The van der Waals surface area contributed by atoms with Gasteiger partial charge in [-0.1, -0.05) is 20.8 Å². The molecule has 1 aliphatic rings. The van der Waals surface area contributed by atoms with Crippen LogP contribution in [0.4, 0.5) is 10.7 Å². The van der Waals surface area contributed by atoms with Gasteiger partial charge in [-0.05, 0) is 30.6 Å². The van der Waals surface area contributed by atoms with Crippen LogP contribution in [0.5, 0.6) is 5.75 Å². The second-order valence-corrected chi connectivity index (χ2v) is 7.78. The SMILES string of the molecule is COc1c(N2CCCC(C(C)(C)C)CC2)sc(C#N)c1N. The zero-order valence-corrected chi connectivity index (χ0v) is 14.2. The minimum atomic E-state index is 0.354. The lowest BCUT2D eigenvalue weighted by Gasteiger charge is -2.30. The Labute approximate surface area is 131 Å². The Kier molecular flexibility index (Phi) is 4.67. The number of rotatable bonds is 2. The lowest BCUT2D eigenvalue weighted by atomic mass is 9.77. The lowest BCUT2D eigenvalue weighted by molar-refractivity contribution is 0.220. The molecule has 0 aromatic carbocycles. The number of nitrogens with zero attached hydrogens (tertiary/aromatic N) is 2. The second kappa shape index (κ2) is 6.15. The van der Waals surface area contributed by atoms with Crippen molar-refractivity contribution in [2.45, 2.75) is 40.0 Å². The number of hydrogen-bond acceptors (Lipinski definition) is 5. The monoisotopic (exact) mass is 307 g/mol. The highest BCUT2D eigenvalue weighted by atomic mass is 32.1. The Morgan fingerprint density at radius 2 is 2.05 bits per heavy atom. The minimum absolute atomic E-state index is 0.354. The van der Waals surface area contributed by atoms with Gasteiger partial charge in [0.25, 0.3) is 0 Å². The third-order valence-electron chi connectivity index (χ3n) is 4.43. The van der Waals surface area contributed by atoms with Crippen molar-refractivity contribution in [1.29, 1.82) is 5.26 Å². The van der Waals surface area contributed by atoms with E-state index >= 15 is 0 Å². The first-order chi connectivity index (χ1) is 9.88. The fraction of sp³-hybridized carbons (Fsp3) is 0.688. The molecule has 21 heavy (non-hydrogen) atoms. The molecule has 2 heterocycles. The maximum atomic E-state index is 9.16. The summed E-state index contributed by atoms with van der Waals surface area (Å²) in [4.78, 5) is 2.89. The molecule has 1 unspecified atom stereocenters. The van der Waals surface area contributed by atoms with Gasteiger partial charge in [0.2, 0.25) is 0 Å². The maximum absolute atomic E-state index is 9.16. The third-order valence-corrected chi connectivity index (χ3v) is 5.58. The van der Waals surface area contributed by atoms with E-state index in [0.717, 1.165) is 24.0 Å². The Morgan fingerprint density at radius 1 is 1.33 bits per heavy atom. The number of nitrogen functional groups attached to an aromatic ring is 1. The predicted octanol–water partition coefficient (Wildman–Crippen LogP) is 3.86. The third kappa shape index (κ3) is 3.26. The van der Waals surface area contributed by atoms with Crippen molar-refractivity contribution < 1.29 is 4.74 Å². The summed E-state index contributed by atoms with van der Waals surface area (Å²) in [5, 5.41) is 10.2. The largest absolute Gasteiger partial charge is 0.492 e. The Bertz CT molecular complexity index is 539. The molecule has 1 aromatic rings. The summed E-state index contributed by atoms with van der Waals surface area (Å²) in [5.74, 6) is 1.41. The van der Waals surface area contributed by atoms with Crippen LogP contribution in [0.15, 0.2) is 0 Å². The minimum Gasteiger partial charge on any atom is -0.492 e. The quantitative estimate of drug-likeness (QED) is 0.901. The van der Waals surface area contributed by atoms with Gasteiger partial charge in [-0.25, -0.2) is 0 Å². The van der Waals surface area contributed by atoms with Crippen LogP contribution in [0.3, 0.4) is 0 Å². The molecule has 5 heteroatoms. The smallest absolute Gasteiger partial charge is 0.177 e. The zero-order valence-electron chi connectivity index (χ0n) is 13.4. The molecule has 0 bridgehead atoms. The van der Waals surface area contributed by atoms with E-state index in [4.69, 9.17) is 15.7 Å². The molecular formula is C16H25N3OS. The van der Waals surface area contributed by atoms with Gasteiger partial charge in [0, 0.05) is 13.1 Å². The molecule has 4 nitrogen and oxygen atoms in total. The molecule has 1 fully saturated rings. The van der Waals surface area contributed by atoms with Crippen LogP contribution >= 0.6 is 11.3 Å². The van der Waals surface area contributed by atoms with E-state index in [1.54, 1.807) is 7.11 Å². The second-order valence-electron chi connectivity index (χ2n) is 6.78. The van der Waals surface area contributed by atoms with Gasteiger partial charge in [-0.15, -0.1) is 11.3 Å². The summed E-state index contributed by atoms with van der Waals surface area (Å²) in [7, 11) is 1.62. The summed E-state index contributed by atoms with van der Waals surface area (Å²) in [6, 6.07) is 2.16. The molecule has 0 spiro atoms. The van der Waals surface area contributed by atoms with Crippen molar-refractivity contribution in [3.05, 3.63) is 4.88 Å². The lowest BCUT2D eigenvalue weighted by Crippen LogP contribution is -2.25. The van der Waals surface area contributed by atoms with Crippen molar-refractivity contribution in [3.8, 4) is 11.8 Å². The number of methoxy groups -OCH3 is 1. The van der Waals surface area contributed by atoms with E-state index in [1.807, 2.05) is 0 Å². The van der Waals surface area contributed by atoms with Gasteiger partial charge in [-0.2, -0.15) is 5.26 Å². The van der Waals surface area contributed by atoms with E-state index in [9.17, 15) is 0 Å². The Balaban J connectivity index is 2.22. The summed E-state index contributed by atoms with van der Waals surface area (Å²) < 4.78 is 5.44. The van der Waals surface area contributed by atoms with Crippen LogP contribution in [0.25, 0.3) is 0 Å². The van der Waals surface area contributed by atoms with E-state index in [2.05, 4.69) is 31.7 Å². The molecule has 0 radical (unpaired) electrons. The Hall–Kier alpha value is -1.41. The van der Waals surface area contributed by atoms with E-state index in [-0.39, 0.29) is 0 Å². The first-order valence-corrected chi connectivity index (χ1v) is 8.31. The molecule has 0 amide bonds. The molecule has 0 saturated carbocycles. The number of hydrogen-bond donors (Lipinski definition) is 1. The highest BCUT2D eigenvalue weighted by Crippen LogP contribution is 2.45. The zero-order chi connectivity index (χ0) is 15.6. The molecule has 2 N–H and O–H groups in total. The molecule has 1 aliphatic heterocycles. The van der Waals surface area contributed by atoms with Crippen LogP contribution < -0.4 is 15.4 Å². The normalized spacial score (nSPS) is 20.0. The van der Waals surface area contributed by atoms with Crippen molar-refractivity contribution >= 4 is 22.0 Å². The van der Waals surface area contributed by atoms with Gasteiger partial charge < -0.3 is 15.4 Å². The summed E-state index contributed by atoms with van der Waals surface area (Å²) in [5.41, 5.74) is 6.84. The van der Waals surface area contributed by atoms with E-state index < -0.39 is 0 Å². The van der Waals surface area contributed by atoms with Crippen LogP contribution in [0.2, 0.25) is 0 Å².